The molecule has 6 heteroatoms. The van der Waals surface area contributed by atoms with E-state index in [9.17, 15) is 4.79 Å². The third kappa shape index (κ3) is 3.05. The highest BCUT2D eigenvalue weighted by Crippen LogP contribution is 2.24. The molecule has 0 fully saturated rings. The molecule has 0 radical (unpaired) electrons. The second-order valence-corrected chi connectivity index (χ2v) is 5.90. The Morgan fingerprint density at radius 1 is 1.72 bits per heavy atom. The molecule has 1 aromatic heterocycles. The number of carbonyl (C=O) groups is 1. The Labute approximate surface area is 117 Å². The molecule has 1 amide bonds. The molecular weight excluding hydrogens is 266 g/mol. The lowest BCUT2D eigenvalue weighted by Crippen LogP contribution is -2.47. The van der Waals surface area contributed by atoms with Crippen LogP contribution in [0.3, 0.4) is 0 Å². The van der Waals surface area contributed by atoms with E-state index in [-0.39, 0.29) is 16.9 Å². The predicted molar refractivity (Wildman–Crippen MR) is 78.6 cm³/mol. The largest absolute Gasteiger partial charge is 0.392 e. The molecule has 0 saturated carbocycles. The van der Waals surface area contributed by atoms with Crippen LogP contribution in [0.4, 0.5) is 0 Å². The van der Waals surface area contributed by atoms with Crippen molar-refractivity contribution >= 4 is 34.5 Å². The summed E-state index contributed by atoms with van der Waals surface area (Å²) in [5.41, 5.74) is 5.82. The van der Waals surface area contributed by atoms with Gasteiger partial charge in [-0.2, -0.15) is 0 Å². The molecule has 1 heterocycles. The van der Waals surface area contributed by atoms with Gasteiger partial charge in [-0.1, -0.05) is 19.1 Å². The van der Waals surface area contributed by atoms with Gasteiger partial charge in [0.2, 0.25) is 5.91 Å². The molecule has 2 atom stereocenters. The third-order valence-electron chi connectivity index (χ3n) is 3.11. The molecule has 0 saturated heterocycles. The predicted octanol–water partition coefficient (Wildman–Crippen LogP) is 2.33. The van der Waals surface area contributed by atoms with Crippen molar-refractivity contribution in [1.29, 1.82) is 0 Å². The van der Waals surface area contributed by atoms with Crippen LogP contribution in [0.2, 0.25) is 0 Å². The van der Waals surface area contributed by atoms with Crippen LogP contribution >= 0.6 is 23.6 Å². The number of nitrogens with two attached hydrogens (primary N) is 1. The number of thiocarbonyl (C=S) groups is 1. The van der Waals surface area contributed by atoms with Gasteiger partial charge in [0, 0.05) is 11.1 Å². The van der Waals surface area contributed by atoms with Gasteiger partial charge in [-0.3, -0.25) is 4.79 Å². The van der Waals surface area contributed by atoms with Crippen molar-refractivity contribution in [3.63, 3.8) is 0 Å². The van der Waals surface area contributed by atoms with Crippen LogP contribution in [0, 0.1) is 12.3 Å². The molecule has 0 aliphatic rings. The van der Waals surface area contributed by atoms with Crippen LogP contribution in [0.5, 0.6) is 0 Å². The Hall–Kier alpha value is -1.01. The van der Waals surface area contributed by atoms with Crippen molar-refractivity contribution in [3.8, 4) is 0 Å². The number of aromatic nitrogens is 1. The second kappa shape index (κ2) is 5.75. The van der Waals surface area contributed by atoms with Gasteiger partial charge in [-0.05, 0) is 27.2 Å². The van der Waals surface area contributed by atoms with E-state index in [0.29, 0.717) is 6.42 Å². The van der Waals surface area contributed by atoms with Gasteiger partial charge in [-0.15, -0.1) is 11.3 Å². The maximum absolute atomic E-state index is 12.2. The van der Waals surface area contributed by atoms with Crippen molar-refractivity contribution in [2.75, 3.05) is 0 Å². The topological polar surface area (TPSA) is 68.0 Å². The molecule has 4 nitrogen and oxygen atoms in total. The number of hydrogen-bond acceptors (Lipinski definition) is 4. The number of carbonyl (C=O) groups excluding carboxylic acids is 1. The Morgan fingerprint density at radius 3 is 2.72 bits per heavy atom. The van der Waals surface area contributed by atoms with E-state index in [4.69, 9.17) is 18.0 Å². The second-order valence-electron chi connectivity index (χ2n) is 4.57. The average Bonchev–Trinajstić information content (AvgIpc) is 2.74. The molecule has 1 aromatic rings. The van der Waals surface area contributed by atoms with Crippen LogP contribution in [0.15, 0.2) is 5.38 Å². The highest BCUT2D eigenvalue weighted by Gasteiger charge is 2.35. The van der Waals surface area contributed by atoms with Gasteiger partial charge < -0.3 is 11.1 Å². The molecule has 0 spiro atoms. The normalized spacial score (nSPS) is 15.8. The van der Waals surface area contributed by atoms with E-state index < -0.39 is 5.41 Å². The van der Waals surface area contributed by atoms with Gasteiger partial charge in [0.05, 0.1) is 16.4 Å². The highest BCUT2D eigenvalue weighted by atomic mass is 32.1. The molecule has 0 bridgehead atoms. The number of rotatable bonds is 5. The minimum Gasteiger partial charge on any atom is -0.392 e. The summed E-state index contributed by atoms with van der Waals surface area (Å²) in [4.78, 5) is 16.8. The summed E-state index contributed by atoms with van der Waals surface area (Å²) in [6, 6.07) is -0.128. The van der Waals surface area contributed by atoms with Crippen molar-refractivity contribution in [1.82, 2.24) is 10.3 Å². The Kier molecular flexibility index (Phi) is 4.81. The standard InChI is InChI=1S/C12H19N3OS2/c1-5-12(4,10(13)17)11(16)15-8(3)9-14-7(2)6-18-9/h6,8H,5H2,1-4H3,(H2,13,17)(H,15,16). The van der Waals surface area contributed by atoms with Gasteiger partial charge in [0.15, 0.2) is 0 Å². The Bertz CT molecular complexity index is 458. The van der Waals surface area contributed by atoms with Crippen molar-refractivity contribution < 1.29 is 4.79 Å². The van der Waals surface area contributed by atoms with E-state index >= 15 is 0 Å². The summed E-state index contributed by atoms with van der Waals surface area (Å²) in [7, 11) is 0. The van der Waals surface area contributed by atoms with Crippen LogP contribution in [-0.4, -0.2) is 15.9 Å². The maximum Gasteiger partial charge on any atom is 0.233 e. The van der Waals surface area contributed by atoms with E-state index in [2.05, 4.69) is 10.3 Å². The zero-order valence-corrected chi connectivity index (χ0v) is 12.7. The molecule has 3 N–H and O–H groups in total. The Balaban J connectivity index is 2.78. The minimum absolute atomic E-state index is 0.128. The molecule has 0 aromatic carbocycles. The SMILES string of the molecule is CCC(C)(C(=O)NC(C)c1nc(C)cs1)C(N)=S. The lowest BCUT2D eigenvalue weighted by molar-refractivity contribution is -0.127. The van der Waals surface area contributed by atoms with E-state index in [1.54, 1.807) is 6.92 Å². The van der Waals surface area contributed by atoms with E-state index in [1.807, 2.05) is 26.2 Å². The summed E-state index contributed by atoms with van der Waals surface area (Å²) in [5, 5.41) is 5.78. The summed E-state index contributed by atoms with van der Waals surface area (Å²) in [5.74, 6) is -0.141. The number of hydrogen-bond donors (Lipinski definition) is 2. The van der Waals surface area contributed by atoms with Gasteiger partial charge in [0.25, 0.3) is 0 Å². The van der Waals surface area contributed by atoms with Gasteiger partial charge >= 0.3 is 0 Å². The lowest BCUT2D eigenvalue weighted by atomic mass is 9.86. The first-order chi connectivity index (χ1) is 8.31. The van der Waals surface area contributed by atoms with Crippen molar-refractivity contribution in [3.05, 3.63) is 16.1 Å². The molecule has 18 heavy (non-hydrogen) atoms. The number of nitrogens with zero attached hydrogens (tertiary/aromatic N) is 1. The first kappa shape index (κ1) is 15.0. The monoisotopic (exact) mass is 285 g/mol. The first-order valence-electron chi connectivity index (χ1n) is 5.84. The molecule has 0 aliphatic heterocycles. The quantitative estimate of drug-likeness (QED) is 0.815. The van der Waals surface area contributed by atoms with Crippen LogP contribution in [0.1, 0.15) is 43.9 Å². The van der Waals surface area contributed by atoms with Gasteiger partial charge in [0.1, 0.15) is 5.01 Å². The molecule has 2 unspecified atom stereocenters. The fourth-order valence-electron chi connectivity index (χ4n) is 1.44. The highest BCUT2D eigenvalue weighted by molar-refractivity contribution is 7.80. The number of amides is 1. The zero-order valence-electron chi connectivity index (χ0n) is 11.1. The first-order valence-corrected chi connectivity index (χ1v) is 7.13. The van der Waals surface area contributed by atoms with Crippen LogP contribution < -0.4 is 11.1 Å². The molecular formula is C12H19N3OS2. The summed E-state index contributed by atoms with van der Waals surface area (Å²) in [6.07, 6.45) is 0.581. The average molecular weight is 285 g/mol. The van der Waals surface area contributed by atoms with Gasteiger partial charge in [-0.25, -0.2) is 4.98 Å². The number of aryl methyl sites for hydroxylation is 1. The third-order valence-corrected chi connectivity index (χ3v) is 4.70. The number of nitrogens with one attached hydrogen (secondary N) is 1. The summed E-state index contributed by atoms with van der Waals surface area (Å²) >= 11 is 6.52. The summed E-state index contributed by atoms with van der Waals surface area (Å²) in [6.45, 7) is 7.51. The zero-order chi connectivity index (χ0) is 13.9. The number of thiazole rings is 1. The molecule has 1 rings (SSSR count). The smallest absolute Gasteiger partial charge is 0.233 e. The lowest BCUT2D eigenvalue weighted by Gasteiger charge is -2.27. The minimum atomic E-state index is -0.796. The van der Waals surface area contributed by atoms with Crippen molar-refractivity contribution in [2.45, 2.75) is 40.2 Å². The maximum atomic E-state index is 12.2. The van der Waals surface area contributed by atoms with E-state index in [0.717, 1.165) is 10.7 Å². The fourth-order valence-corrected chi connectivity index (χ4v) is 2.48. The molecule has 0 aliphatic carbocycles. The fraction of sp³-hybridized carbons (Fsp3) is 0.583. The summed E-state index contributed by atoms with van der Waals surface area (Å²) < 4.78 is 0. The molecule has 100 valence electrons. The van der Waals surface area contributed by atoms with E-state index in [1.165, 1.54) is 11.3 Å². The Morgan fingerprint density at radius 2 is 2.33 bits per heavy atom. The van der Waals surface area contributed by atoms with Crippen molar-refractivity contribution in [2.24, 2.45) is 11.1 Å². The van der Waals surface area contributed by atoms with Crippen LogP contribution in [0.25, 0.3) is 0 Å². The van der Waals surface area contributed by atoms with Crippen LogP contribution in [-0.2, 0) is 4.79 Å².